The van der Waals surface area contributed by atoms with E-state index in [1.54, 1.807) is 30.9 Å². The Bertz CT molecular complexity index is 1160. The van der Waals surface area contributed by atoms with Gasteiger partial charge in [0.15, 0.2) is 0 Å². The van der Waals surface area contributed by atoms with Gasteiger partial charge in [-0.25, -0.2) is 13.4 Å². The van der Waals surface area contributed by atoms with Gasteiger partial charge < -0.3 is 10.0 Å². The molecule has 0 saturated carbocycles. The van der Waals surface area contributed by atoms with Crippen molar-refractivity contribution >= 4 is 21.8 Å². The molecule has 0 radical (unpaired) electrons. The van der Waals surface area contributed by atoms with Gasteiger partial charge in [-0.1, -0.05) is 12.1 Å². The molecule has 7 nitrogen and oxygen atoms in total. The number of pyridine rings is 1. The Hall–Kier alpha value is -2.66. The lowest BCUT2D eigenvalue weighted by atomic mass is 10.1. The summed E-state index contributed by atoms with van der Waals surface area (Å²) in [4.78, 5) is 17.3. The highest BCUT2D eigenvalue weighted by molar-refractivity contribution is 7.89. The molecule has 2 aromatic rings. The number of aliphatic carboxylic acids is 1. The van der Waals surface area contributed by atoms with Crippen molar-refractivity contribution in [2.45, 2.75) is 49.8 Å². The molecule has 1 N–H and O–H groups in total. The van der Waals surface area contributed by atoms with Crippen molar-refractivity contribution < 1.29 is 31.5 Å². The summed E-state index contributed by atoms with van der Waals surface area (Å²) in [7, 11) is -3.92. The molecule has 4 rings (SSSR count). The summed E-state index contributed by atoms with van der Waals surface area (Å²) >= 11 is 0. The van der Waals surface area contributed by atoms with E-state index < -0.39 is 45.7 Å². The molecule has 1 aliphatic heterocycles. The van der Waals surface area contributed by atoms with E-state index >= 15 is 0 Å². The summed E-state index contributed by atoms with van der Waals surface area (Å²) in [6.07, 6.45) is -3.24. The van der Waals surface area contributed by atoms with E-state index in [-0.39, 0.29) is 24.4 Å². The van der Waals surface area contributed by atoms with Crippen molar-refractivity contribution in [2.24, 2.45) is 5.92 Å². The first kappa shape index (κ1) is 23.5. The normalized spacial score (nSPS) is 24.0. The lowest BCUT2D eigenvalue weighted by molar-refractivity contribution is -0.141. The van der Waals surface area contributed by atoms with Crippen molar-refractivity contribution in [3.05, 3.63) is 53.2 Å². The van der Waals surface area contributed by atoms with E-state index in [1.165, 1.54) is 16.4 Å². The number of nitrogens with zero attached hydrogens (tertiary/aromatic N) is 3. The lowest BCUT2D eigenvalue weighted by Crippen LogP contribution is -2.58. The summed E-state index contributed by atoms with van der Waals surface area (Å²) in [5.74, 6) is -1.24. The molecule has 3 atom stereocenters. The fourth-order valence-electron chi connectivity index (χ4n) is 4.86. The maximum atomic E-state index is 13.7. The average molecular weight is 484 g/mol. The Morgan fingerprint density at radius 2 is 1.76 bits per heavy atom. The smallest absolute Gasteiger partial charge is 0.417 e. The molecule has 2 aliphatic rings. The molecule has 1 saturated heterocycles. The number of anilines is 1. The molecular formula is C22H24F3N3O4S. The molecule has 1 aromatic heterocycles. The number of aromatic nitrogens is 1. The molecule has 0 spiro atoms. The quantitative estimate of drug-likeness (QED) is 0.719. The average Bonchev–Trinajstić information content (AvgIpc) is 3.17. The third kappa shape index (κ3) is 4.31. The predicted molar refractivity (Wildman–Crippen MR) is 114 cm³/mol. The molecule has 1 aromatic carbocycles. The number of carboxylic acids is 1. The maximum absolute atomic E-state index is 13.7. The van der Waals surface area contributed by atoms with Crippen LogP contribution in [0, 0.1) is 5.92 Å². The Balaban J connectivity index is 1.58. The Morgan fingerprint density at radius 3 is 2.30 bits per heavy atom. The highest BCUT2D eigenvalue weighted by Gasteiger charge is 2.41. The van der Waals surface area contributed by atoms with Crippen LogP contribution in [0.2, 0.25) is 0 Å². The summed E-state index contributed by atoms with van der Waals surface area (Å²) < 4.78 is 67.2. The van der Waals surface area contributed by atoms with Gasteiger partial charge in [0.05, 0.1) is 16.4 Å². The fourth-order valence-corrected chi connectivity index (χ4v) is 6.94. The molecule has 178 valence electrons. The van der Waals surface area contributed by atoms with Crippen LogP contribution in [0.3, 0.4) is 0 Å². The molecular weight excluding hydrogens is 459 g/mol. The van der Waals surface area contributed by atoms with Crippen LogP contribution in [0.4, 0.5) is 19.0 Å². The topological polar surface area (TPSA) is 90.8 Å². The highest BCUT2D eigenvalue weighted by Crippen LogP contribution is 2.36. The molecule has 33 heavy (non-hydrogen) atoms. The Kier molecular flexibility index (Phi) is 5.90. The van der Waals surface area contributed by atoms with Crippen LogP contribution in [0.1, 0.15) is 30.5 Å². The number of sulfonamides is 1. The Morgan fingerprint density at radius 1 is 1.09 bits per heavy atom. The molecule has 1 unspecified atom stereocenters. The predicted octanol–water partition coefficient (Wildman–Crippen LogP) is 3.19. The second-order valence-corrected chi connectivity index (χ2v) is 10.5. The lowest BCUT2D eigenvalue weighted by Gasteiger charge is -2.44. The third-order valence-electron chi connectivity index (χ3n) is 6.29. The van der Waals surface area contributed by atoms with E-state index in [0.717, 1.165) is 17.8 Å². The monoisotopic (exact) mass is 483 g/mol. The maximum Gasteiger partial charge on any atom is 0.417 e. The number of carbonyl (C=O) groups is 1. The van der Waals surface area contributed by atoms with Gasteiger partial charge in [-0.05, 0) is 56.0 Å². The summed E-state index contributed by atoms with van der Waals surface area (Å²) in [5.41, 5.74) is 0.443. The Labute approximate surface area is 189 Å². The molecule has 1 fully saturated rings. The van der Waals surface area contributed by atoms with Gasteiger partial charge in [-0.15, -0.1) is 0 Å². The van der Waals surface area contributed by atoms with Gasteiger partial charge in [0.1, 0.15) is 5.82 Å². The molecule has 2 heterocycles. The zero-order chi connectivity index (χ0) is 24.1. The van der Waals surface area contributed by atoms with Crippen LogP contribution >= 0.6 is 0 Å². The first-order valence-electron chi connectivity index (χ1n) is 10.5. The van der Waals surface area contributed by atoms with Crippen LogP contribution in [0.25, 0.3) is 0 Å². The van der Waals surface area contributed by atoms with Crippen LogP contribution in [-0.4, -0.2) is 54.0 Å². The molecule has 11 heteroatoms. The van der Waals surface area contributed by atoms with Crippen LogP contribution < -0.4 is 4.90 Å². The third-order valence-corrected chi connectivity index (χ3v) is 8.50. The minimum atomic E-state index is -4.48. The number of hydrogen-bond acceptors (Lipinski definition) is 5. The van der Waals surface area contributed by atoms with E-state index in [0.29, 0.717) is 17.8 Å². The van der Waals surface area contributed by atoms with Crippen molar-refractivity contribution in [1.29, 1.82) is 0 Å². The molecule has 0 amide bonds. The van der Waals surface area contributed by atoms with E-state index in [2.05, 4.69) is 4.98 Å². The van der Waals surface area contributed by atoms with E-state index in [4.69, 9.17) is 0 Å². The number of benzene rings is 1. The first-order valence-corrected chi connectivity index (χ1v) is 12.0. The van der Waals surface area contributed by atoms with Crippen molar-refractivity contribution in [1.82, 2.24) is 9.29 Å². The fraction of sp³-hybridized carbons (Fsp3) is 0.455. The van der Waals surface area contributed by atoms with Crippen LogP contribution in [0.15, 0.2) is 41.4 Å². The number of fused-ring (bicyclic) bond motifs is 1. The molecule has 1 aliphatic carbocycles. The zero-order valence-electron chi connectivity index (χ0n) is 18.1. The van der Waals surface area contributed by atoms with E-state index in [9.17, 15) is 31.5 Å². The second kappa shape index (κ2) is 8.28. The number of rotatable bonds is 4. The number of hydrogen-bond donors (Lipinski definition) is 1. The van der Waals surface area contributed by atoms with Gasteiger partial charge in [0.25, 0.3) is 0 Å². The first-order chi connectivity index (χ1) is 15.4. The number of alkyl halides is 3. The largest absolute Gasteiger partial charge is 0.481 e. The minimum Gasteiger partial charge on any atom is -0.481 e. The van der Waals surface area contributed by atoms with Crippen molar-refractivity contribution in [2.75, 3.05) is 18.0 Å². The van der Waals surface area contributed by atoms with Gasteiger partial charge >= 0.3 is 12.1 Å². The van der Waals surface area contributed by atoms with Crippen molar-refractivity contribution in [3.63, 3.8) is 0 Å². The van der Waals surface area contributed by atoms with Gasteiger partial charge in [-0.2, -0.15) is 17.5 Å². The van der Waals surface area contributed by atoms with Crippen molar-refractivity contribution in [3.8, 4) is 0 Å². The van der Waals surface area contributed by atoms with Gasteiger partial charge in [0, 0.05) is 31.4 Å². The van der Waals surface area contributed by atoms with Gasteiger partial charge in [0.2, 0.25) is 10.0 Å². The second-order valence-electron chi connectivity index (χ2n) is 8.68. The van der Waals surface area contributed by atoms with Crippen LogP contribution in [-0.2, 0) is 33.8 Å². The molecule has 0 bridgehead atoms. The number of carboxylic acid groups (broad SMARTS) is 1. The highest BCUT2D eigenvalue weighted by atomic mass is 32.2. The van der Waals surface area contributed by atoms with Gasteiger partial charge in [-0.3, -0.25) is 4.79 Å². The minimum absolute atomic E-state index is 0.128. The summed E-state index contributed by atoms with van der Waals surface area (Å²) in [6.45, 7) is 4.00. The number of halogens is 3. The standard InChI is InChI=1S/C22H24F3N3O4S/c1-13-11-27(20-7-6-17(10-26-20)22(23,24)25)12-14(2)28(13)33(31,32)19-5-3-4-15-8-16(21(29)30)9-18(15)19/h3-7,10,13-14,16H,8-9,11-12H2,1-2H3,(H,29,30)/t13-,14+,16?. The zero-order valence-corrected chi connectivity index (χ0v) is 18.9. The number of piperazine rings is 1. The SMILES string of the molecule is C[C@@H]1CN(c2ccc(C(F)(F)F)cn2)C[C@H](C)N1S(=O)(=O)c1cccc2c1CC(C(=O)O)C2. The van der Waals surface area contributed by atoms with Crippen LogP contribution in [0.5, 0.6) is 0 Å². The summed E-state index contributed by atoms with van der Waals surface area (Å²) in [6, 6.07) is 6.22. The van der Waals surface area contributed by atoms with E-state index in [1.807, 2.05) is 0 Å². The summed E-state index contributed by atoms with van der Waals surface area (Å²) in [5, 5.41) is 9.38.